The van der Waals surface area contributed by atoms with Gasteiger partial charge in [-0.1, -0.05) is 56.2 Å². The Morgan fingerprint density at radius 1 is 1.05 bits per heavy atom. The summed E-state index contributed by atoms with van der Waals surface area (Å²) in [6, 6.07) is 6.23. The van der Waals surface area contributed by atoms with Gasteiger partial charge in [0.15, 0.2) is 6.10 Å². The molecule has 8 rings (SSSR count). The van der Waals surface area contributed by atoms with Gasteiger partial charge in [0.1, 0.15) is 5.41 Å². The largest absolute Gasteiger partial charge is 0.468 e. The van der Waals surface area contributed by atoms with E-state index in [0.717, 1.165) is 29.3 Å². The standard InChI is InChI=1S/C46H56N4O9/c1-7-13-35-33(45-20-23-49-21-12-18-43(9-3,37(45)49)39(59-29(4)52)46(56,41(54)58-6)38(45)50(35)28-51)16-19-44(40(53)57-5)25-30-24-42(55,8-2)27-48(26-30)22-17-32-31-14-10-11-15-34(31)47-36(32)44/h1,10-16,18,28,30,37-39,47,55-56H,8-9,17,19-27H2,2-6H3/b33-16+,35-13?/t30-,37-,38+,39+,42-,43+,44+,45+,46-/m0/s1. The van der Waals surface area contributed by atoms with Gasteiger partial charge in [-0.2, -0.15) is 0 Å². The van der Waals surface area contributed by atoms with Crippen LogP contribution in [0.4, 0.5) is 0 Å². The van der Waals surface area contributed by atoms with Crippen LogP contribution in [0.15, 0.2) is 59.8 Å². The molecule has 1 spiro atoms. The number of hydrogen-bond acceptors (Lipinski definition) is 11. The lowest BCUT2D eigenvalue weighted by molar-refractivity contribution is -0.242. The minimum atomic E-state index is -2.55. The van der Waals surface area contributed by atoms with E-state index in [0.29, 0.717) is 88.9 Å². The predicted octanol–water partition coefficient (Wildman–Crippen LogP) is 3.54. The van der Waals surface area contributed by atoms with Gasteiger partial charge in [0.2, 0.25) is 12.0 Å². The molecule has 6 heterocycles. The van der Waals surface area contributed by atoms with E-state index >= 15 is 0 Å². The molecule has 0 radical (unpaired) electrons. The summed E-state index contributed by atoms with van der Waals surface area (Å²) < 4.78 is 17.2. The Bertz CT molecular complexity index is 2210. The van der Waals surface area contributed by atoms with Crippen molar-refractivity contribution in [3.05, 3.63) is 71.1 Å². The summed E-state index contributed by atoms with van der Waals surface area (Å²) in [7, 11) is 2.56. The van der Waals surface area contributed by atoms with Gasteiger partial charge in [-0.3, -0.25) is 24.2 Å². The number of nitrogens with zero attached hydrogens (tertiary/aromatic N) is 3. The van der Waals surface area contributed by atoms with Crippen LogP contribution in [0.2, 0.25) is 0 Å². The molecule has 13 nitrogen and oxygen atoms in total. The zero-order valence-electron chi connectivity index (χ0n) is 34.7. The third kappa shape index (κ3) is 5.73. The van der Waals surface area contributed by atoms with Crippen LogP contribution in [-0.2, 0) is 45.2 Å². The average Bonchev–Trinajstić information content (AvgIpc) is 3.90. The Morgan fingerprint density at radius 3 is 2.49 bits per heavy atom. The molecular weight excluding hydrogens is 753 g/mol. The number of fused-ring (bicyclic) bond motifs is 5. The van der Waals surface area contributed by atoms with Crippen LogP contribution in [0.3, 0.4) is 0 Å². The number of aromatic nitrogens is 1. The SMILES string of the molecule is C#CC=C1/C(=C\C[C@@]2(C(=O)OC)C[C@H]3CN(CCc4c2[nH]c2ccccc42)C[C@](O)(CC)C3)[C@@]23CCN4CC=C[C@@](CC)([C@@H](OC(C)=O)[C@](O)(C(=O)OC)[C@@H]2N1C=O)[C@H]43. The maximum Gasteiger partial charge on any atom is 0.344 e. The van der Waals surface area contributed by atoms with Crippen molar-refractivity contribution in [3.63, 3.8) is 0 Å². The first kappa shape index (κ1) is 41.0. The van der Waals surface area contributed by atoms with E-state index in [1.807, 2.05) is 50.3 Å². The molecular formula is C46H56N4O9. The molecule has 59 heavy (non-hydrogen) atoms. The Kier molecular flexibility index (Phi) is 10.3. The van der Waals surface area contributed by atoms with E-state index in [9.17, 15) is 29.4 Å². The molecule has 13 heteroatoms. The molecule has 3 saturated heterocycles. The first-order valence-electron chi connectivity index (χ1n) is 20.9. The van der Waals surface area contributed by atoms with E-state index in [1.165, 1.54) is 25.0 Å². The number of methoxy groups -OCH3 is 2. The van der Waals surface area contributed by atoms with Gasteiger partial charge in [0.25, 0.3) is 0 Å². The van der Waals surface area contributed by atoms with Crippen molar-refractivity contribution >= 4 is 35.2 Å². The minimum Gasteiger partial charge on any atom is -0.468 e. The monoisotopic (exact) mass is 808 g/mol. The van der Waals surface area contributed by atoms with Gasteiger partial charge in [-0.25, -0.2) is 4.79 Å². The highest BCUT2D eigenvalue weighted by molar-refractivity contribution is 5.91. The number of carbonyl (C=O) groups is 4. The van der Waals surface area contributed by atoms with Crippen LogP contribution < -0.4 is 0 Å². The molecule has 1 unspecified atom stereocenters. The summed E-state index contributed by atoms with van der Waals surface area (Å²) >= 11 is 0. The Hall–Kier alpha value is -4.74. The van der Waals surface area contributed by atoms with Crippen molar-refractivity contribution in [3.8, 4) is 12.3 Å². The van der Waals surface area contributed by atoms with E-state index in [1.54, 1.807) is 0 Å². The molecule has 10 atom stereocenters. The highest BCUT2D eigenvalue weighted by Crippen LogP contribution is 2.69. The molecule has 5 aliphatic heterocycles. The number of terminal acetylenes is 1. The molecule has 1 aromatic heterocycles. The number of aliphatic hydroxyl groups is 2. The van der Waals surface area contributed by atoms with Gasteiger partial charge in [-0.05, 0) is 74.6 Å². The van der Waals surface area contributed by atoms with Crippen molar-refractivity contribution in [1.82, 2.24) is 19.7 Å². The summed E-state index contributed by atoms with van der Waals surface area (Å²) in [5.74, 6) is 0.349. The predicted molar refractivity (Wildman–Crippen MR) is 218 cm³/mol. The van der Waals surface area contributed by atoms with Crippen LogP contribution in [0.25, 0.3) is 10.9 Å². The van der Waals surface area contributed by atoms with E-state index < -0.39 is 63.5 Å². The lowest BCUT2D eigenvalue weighted by Crippen LogP contribution is -2.79. The number of esters is 3. The molecule has 2 aromatic rings. The quantitative estimate of drug-likeness (QED) is 0.118. The normalized spacial score (nSPS) is 38.7. The number of para-hydroxylation sites is 1. The maximum atomic E-state index is 14.9. The van der Waals surface area contributed by atoms with Gasteiger partial charge < -0.3 is 34.3 Å². The van der Waals surface area contributed by atoms with E-state index in [4.69, 9.17) is 20.6 Å². The number of H-pyrrole nitrogens is 1. The fourth-order valence-electron chi connectivity index (χ4n) is 12.9. The summed E-state index contributed by atoms with van der Waals surface area (Å²) in [6.07, 6.45) is 15.5. The Morgan fingerprint density at radius 2 is 1.81 bits per heavy atom. The van der Waals surface area contributed by atoms with Crippen LogP contribution in [0.5, 0.6) is 0 Å². The van der Waals surface area contributed by atoms with Crippen LogP contribution in [-0.4, -0.2) is 131 Å². The maximum absolute atomic E-state index is 14.9. The van der Waals surface area contributed by atoms with Gasteiger partial charge in [-0.15, -0.1) is 6.42 Å². The third-order valence-electron chi connectivity index (χ3n) is 15.0. The molecule has 2 bridgehead atoms. The third-order valence-corrected chi connectivity index (χ3v) is 15.0. The molecule has 1 aliphatic carbocycles. The number of benzene rings is 1. The number of allylic oxidation sites excluding steroid dienone is 3. The Labute approximate surface area is 345 Å². The number of nitrogens with one attached hydrogen (secondary N) is 1. The van der Waals surface area contributed by atoms with Gasteiger partial charge in [0.05, 0.1) is 31.6 Å². The second-order valence-electron chi connectivity index (χ2n) is 17.7. The topological polar surface area (TPSA) is 162 Å². The number of ether oxygens (including phenoxy) is 3. The minimum absolute atomic E-state index is 0.0907. The summed E-state index contributed by atoms with van der Waals surface area (Å²) in [5, 5.41) is 26.1. The van der Waals surface area contributed by atoms with Crippen molar-refractivity contribution in [2.24, 2.45) is 16.7 Å². The molecule has 1 saturated carbocycles. The second-order valence-corrected chi connectivity index (χ2v) is 17.7. The van der Waals surface area contributed by atoms with Crippen molar-refractivity contribution < 1.29 is 43.6 Å². The molecule has 1 aromatic carbocycles. The first-order chi connectivity index (χ1) is 28.3. The lowest BCUT2D eigenvalue weighted by atomic mass is 9.47. The number of rotatable bonds is 8. The van der Waals surface area contributed by atoms with E-state index in [-0.39, 0.29) is 12.3 Å². The fourth-order valence-corrected chi connectivity index (χ4v) is 12.9. The number of carbonyl (C=O) groups excluding carboxylic acids is 4. The fraction of sp³-hybridized carbons (Fsp3) is 0.565. The smallest absolute Gasteiger partial charge is 0.344 e. The summed E-state index contributed by atoms with van der Waals surface area (Å²) in [4.78, 5) is 65.4. The first-order valence-corrected chi connectivity index (χ1v) is 20.9. The number of likely N-dealkylation sites (tertiary alicyclic amines) is 1. The zero-order valence-corrected chi connectivity index (χ0v) is 34.7. The number of amides is 1. The lowest BCUT2D eigenvalue weighted by Gasteiger charge is -2.63. The van der Waals surface area contributed by atoms with E-state index in [2.05, 4.69) is 26.8 Å². The number of aromatic amines is 1. The van der Waals surface area contributed by atoms with Crippen molar-refractivity contribution in [1.29, 1.82) is 0 Å². The molecule has 3 N–H and O–H groups in total. The van der Waals surface area contributed by atoms with Crippen LogP contribution in [0.1, 0.15) is 70.6 Å². The van der Waals surface area contributed by atoms with Crippen LogP contribution in [0, 0.1) is 29.1 Å². The van der Waals surface area contributed by atoms with Crippen molar-refractivity contribution in [2.75, 3.05) is 46.9 Å². The highest BCUT2D eigenvalue weighted by atomic mass is 16.6. The molecule has 314 valence electrons. The molecule has 6 aliphatic rings. The second kappa shape index (κ2) is 14.8. The van der Waals surface area contributed by atoms with Gasteiger partial charge >= 0.3 is 17.9 Å². The highest BCUT2D eigenvalue weighted by Gasteiger charge is 2.81. The molecule has 4 fully saturated rings. The number of piperidine rings is 1. The number of hydrogen-bond donors (Lipinski definition) is 3. The summed E-state index contributed by atoms with van der Waals surface area (Å²) in [5.41, 5.74) is -3.48. The van der Waals surface area contributed by atoms with Crippen LogP contribution >= 0.6 is 0 Å². The Balaban J connectivity index is 1.41. The summed E-state index contributed by atoms with van der Waals surface area (Å²) in [6.45, 7) is 8.19. The van der Waals surface area contributed by atoms with Crippen molar-refractivity contribution in [2.45, 2.75) is 101 Å². The zero-order chi connectivity index (χ0) is 42.1. The average molecular weight is 809 g/mol. The molecule has 1 amide bonds. The van der Waals surface area contributed by atoms with Gasteiger partial charge in [0, 0.05) is 72.6 Å².